The first-order chi connectivity index (χ1) is 19.4. The zero-order valence-corrected chi connectivity index (χ0v) is 25.0. The number of halogens is 5. The van der Waals surface area contributed by atoms with Gasteiger partial charge in [-0.15, -0.1) is 0 Å². The first-order valence-corrected chi connectivity index (χ1v) is 14.2. The smallest absolute Gasteiger partial charge is 0.392 e. The van der Waals surface area contributed by atoms with E-state index < -0.39 is 35.9 Å². The van der Waals surface area contributed by atoms with E-state index in [4.69, 9.17) is 16.3 Å². The third kappa shape index (κ3) is 11.2. The van der Waals surface area contributed by atoms with Crippen LogP contribution in [0, 0.1) is 23.6 Å². The number of rotatable bonds is 14. The van der Waals surface area contributed by atoms with Crippen LogP contribution in [0.2, 0.25) is 5.02 Å². The summed E-state index contributed by atoms with van der Waals surface area (Å²) in [5.41, 5.74) is 0.778. The Morgan fingerprint density at radius 2 is 1.78 bits per heavy atom. The fourth-order valence-corrected chi connectivity index (χ4v) is 5.03. The second kappa shape index (κ2) is 16.6. The minimum atomic E-state index is -4.41. The van der Waals surface area contributed by atoms with Crippen molar-refractivity contribution in [3.8, 4) is 5.75 Å². The van der Waals surface area contributed by atoms with Gasteiger partial charge in [-0.1, -0.05) is 57.7 Å². The topological polar surface area (TPSA) is 74.8 Å². The van der Waals surface area contributed by atoms with E-state index >= 15 is 0 Å². The van der Waals surface area contributed by atoms with E-state index in [1.807, 2.05) is 13.8 Å². The number of carbonyl (C=O) groups excluding carboxylic acids is 1. The molecule has 0 spiro atoms. The van der Waals surface area contributed by atoms with Crippen molar-refractivity contribution in [1.29, 1.82) is 0 Å². The Bertz CT molecular complexity index is 1130. The Morgan fingerprint density at radius 3 is 2.32 bits per heavy atom. The molecule has 2 rings (SSSR count). The number of alkyl halides is 3. The third-order valence-electron chi connectivity index (χ3n) is 7.24. The number of hydrogen-bond acceptors (Lipinski definition) is 4. The van der Waals surface area contributed by atoms with Gasteiger partial charge in [-0.3, -0.25) is 10.1 Å². The minimum Gasteiger partial charge on any atom is -0.497 e. The van der Waals surface area contributed by atoms with Gasteiger partial charge >= 0.3 is 6.18 Å². The third-order valence-corrected chi connectivity index (χ3v) is 7.59. The van der Waals surface area contributed by atoms with Crippen molar-refractivity contribution >= 4 is 23.5 Å². The van der Waals surface area contributed by atoms with E-state index in [1.54, 1.807) is 38.2 Å². The first kappa shape index (κ1) is 34.4. The van der Waals surface area contributed by atoms with Gasteiger partial charge in [0.1, 0.15) is 11.6 Å². The normalized spacial score (nSPS) is 15.1. The maximum absolute atomic E-state index is 14.3. The Labute approximate surface area is 245 Å². The molecule has 0 aliphatic heterocycles. The molecule has 228 valence electrons. The monoisotopic (exact) mass is 600 g/mol. The molecular weight excluding hydrogens is 560 g/mol. The summed E-state index contributed by atoms with van der Waals surface area (Å²) in [6.07, 6.45) is -2.44. The lowest BCUT2D eigenvalue weighted by molar-refractivity contribution is -0.192. The first-order valence-electron chi connectivity index (χ1n) is 13.9. The summed E-state index contributed by atoms with van der Waals surface area (Å²) in [7, 11) is 3.05. The molecule has 2 aromatic rings. The van der Waals surface area contributed by atoms with E-state index in [-0.39, 0.29) is 29.9 Å². The summed E-state index contributed by atoms with van der Waals surface area (Å²) >= 11 is 6.14. The minimum absolute atomic E-state index is 0.0449. The number of hydrogen-bond donors (Lipinski definition) is 3. The van der Waals surface area contributed by atoms with Crippen LogP contribution in [0.5, 0.6) is 5.75 Å². The molecule has 0 heterocycles. The van der Waals surface area contributed by atoms with Crippen molar-refractivity contribution in [3.05, 3.63) is 64.4 Å². The molecule has 6 nitrogen and oxygen atoms in total. The van der Waals surface area contributed by atoms with Crippen LogP contribution in [0.25, 0.3) is 0 Å². The van der Waals surface area contributed by atoms with Gasteiger partial charge in [-0.2, -0.15) is 13.2 Å². The molecule has 0 saturated heterocycles. The number of ether oxygens (including phenoxy) is 1. The van der Waals surface area contributed by atoms with Crippen LogP contribution in [0.3, 0.4) is 0 Å². The molecule has 0 aromatic heterocycles. The summed E-state index contributed by atoms with van der Waals surface area (Å²) in [5, 5.41) is 8.63. The van der Waals surface area contributed by atoms with Gasteiger partial charge < -0.3 is 15.4 Å². The number of benzene rings is 2. The lowest BCUT2D eigenvalue weighted by atomic mass is 9.80. The number of nitrogens with zero attached hydrogens (tertiary/aromatic N) is 1. The quantitative estimate of drug-likeness (QED) is 0.0918. The molecular formula is C30H41ClF4N4O2. The fraction of sp³-hybridized carbons (Fsp3) is 0.533. The molecule has 4 unspecified atom stereocenters. The average Bonchev–Trinajstić information content (AvgIpc) is 2.93. The van der Waals surface area contributed by atoms with Gasteiger partial charge in [0.05, 0.1) is 25.7 Å². The molecule has 11 heteroatoms. The zero-order valence-electron chi connectivity index (χ0n) is 24.2. The van der Waals surface area contributed by atoms with E-state index in [0.29, 0.717) is 23.3 Å². The standard InChI is InChI=1S/C30H41ClF4N4O2/c1-6-8-20(7-2)15-19(3)25(30(33,34)35)17-27(36-4)38-29(37-18-22-9-12-23(32)16-26(22)31)39-28(40)21-10-13-24(41-5)14-11-21/h9-14,16,19-20,25,27,36H,6-8,15,17-18H2,1-5H3,(H2,37,38,39,40). The van der Waals surface area contributed by atoms with Gasteiger partial charge in [0.25, 0.3) is 5.91 Å². The van der Waals surface area contributed by atoms with Crippen LogP contribution in [-0.4, -0.2) is 38.4 Å². The molecule has 0 aliphatic rings. The van der Waals surface area contributed by atoms with Crippen molar-refractivity contribution in [2.24, 2.45) is 22.7 Å². The molecule has 0 fully saturated rings. The van der Waals surface area contributed by atoms with Crippen molar-refractivity contribution in [3.63, 3.8) is 0 Å². The second-order valence-corrected chi connectivity index (χ2v) is 10.6. The van der Waals surface area contributed by atoms with Crippen molar-refractivity contribution in [2.75, 3.05) is 14.2 Å². The van der Waals surface area contributed by atoms with Gasteiger partial charge in [0, 0.05) is 10.6 Å². The van der Waals surface area contributed by atoms with Crippen LogP contribution in [0.1, 0.15) is 68.8 Å². The van der Waals surface area contributed by atoms with Crippen molar-refractivity contribution in [1.82, 2.24) is 16.0 Å². The molecule has 0 saturated carbocycles. The highest BCUT2D eigenvalue weighted by atomic mass is 35.5. The maximum atomic E-state index is 14.3. The van der Waals surface area contributed by atoms with Crippen molar-refractivity contribution in [2.45, 2.75) is 71.8 Å². The molecule has 3 N–H and O–H groups in total. The molecule has 4 atom stereocenters. The molecule has 0 radical (unpaired) electrons. The molecule has 0 aliphatic carbocycles. The Hall–Kier alpha value is -2.85. The second-order valence-electron chi connectivity index (χ2n) is 10.2. The number of aliphatic imine (C=N–C) groups is 1. The summed E-state index contributed by atoms with van der Waals surface area (Å²) < 4.78 is 61.5. The Morgan fingerprint density at radius 1 is 1.10 bits per heavy atom. The number of guanidine groups is 1. The number of nitrogens with one attached hydrogen (secondary N) is 3. The summed E-state index contributed by atoms with van der Waals surface area (Å²) in [6, 6.07) is 10.2. The summed E-state index contributed by atoms with van der Waals surface area (Å²) in [5.74, 6) is -2.48. The van der Waals surface area contributed by atoms with Gasteiger partial charge in [-0.25, -0.2) is 9.38 Å². The van der Waals surface area contributed by atoms with Crippen LogP contribution >= 0.6 is 11.6 Å². The van der Waals surface area contributed by atoms with E-state index in [1.165, 1.54) is 19.2 Å². The molecule has 0 bridgehead atoms. The predicted molar refractivity (Wildman–Crippen MR) is 156 cm³/mol. The number of methoxy groups -OCH3 is 1. The highest BCUT2D eigenvalue weighted by Crippen LogP contribution is 2.39. The Kier molecular flexibility index (Phi) is 13.9. The van der Waals surface area contributed by atoms with Crippen LogP contribution in [0.15, 0.2) is 47.5 Å². The van der Waals surface area contributed by atoms with Crippen LogP contribution in [-0.2, 0) is 6.54 Å². The van der Waals surface area contributed by atoms with Crippen molar-refractivity contribution < 1.29 is 27.1 Å². The highest BCUT2D eigenvalue weighted by molar-refractivity contribution is 6.31. The number of amides is 1. The van der Waals surface area contributed by atoms with E-state index in [0.717, 1.165) is 25.3 Å². The van der Waals surface area contributed by atoms with Crippen LogP contribution < -0.4 is 20.7 Å². The predicted octanol–water partition coefficient (Wildman–Crippen LogP) is 7.33. The van der Waals surface area contributed by atoms with E-state index in [9.17, 15) is 22.4 Å². The van der Waals surface area contributed by atoms with E-state index in [2.05, 4.69) is 20.9 Å². The zero-order chi connectivity index (χ0) is 30.6. The molecule has 2 aromatic carbocycles. The van der Waals surface area contributed by atoms with Gasteiger partial charge in [0.2, 0.25) is 0 Å². The SMILES string of the molecule is CCCC(CC)CC(C)C(CC(NC)NC(=NCc1ccc(F)cc1Cl)NC(=O)c1ccc(OC)cc1)C(F)(F)F. The summed E-state index contributed by atoms with van der Waals surface area (Å²) in [6.45, 7) is 5.65. The van der Waals surface area contributed by atoms with Gasteiger partial charge in [-0.05, 0) is 73.7 Å². The van der Waals surface area contributed by atoms with Crippen LogP contribution in [0.4, 0.5) is 17.6 Å². The lowest BCUT2D eigenvalue weighted by Crippen LogP contribution is -2.52. The molecule has 41 heavy (non-hydrogen) atoms. The summed E-state index contributed by atoms with van der Waals surface area (Å²) in [4.78, 5) is 17.4. The highest BCUT2D eigenvalue weighted by Gasteiger charge is 2.44. The fourth-order valence-electron chi connectivity index (χ4n) is 4.80. The number of carbonyl (C=O) groups is 1. The lowest BCUT2D eigenvalue weighted by Gasteiger charge is -2.32. The Balaban J connectivity index is 2.30. The van der Waals surface area contributed by atoms with Gasteiger partial charge in [0.15, 0.2) is 5.96 Å². The average molecular weight is 601 g/mol. The largest absolute Gasteiger partial charge is 0.497 e. The molecule has 1 amide bonds. The maximum Gasteiger partial charge on any atom is 0.392 e.